The van der Waals surface area contributed by atoms with Gasteiger partial charge in [0.25, 0.3) is 0 Å². The first-order valence-electron chi connectivity index (χ1n) is 6.74. The molecule has 0 spiro atoms. The fourth-order valence-electron chi connectivity index (χ4n) is 2.13. The zero-order valence-electron chi connectivity index (χ0n) is 12.1. The number of esters is 1. The van der Waals surface area contributed by atoms with E-state index in [0.29, 0.717) is 12.2 Å². The van der Waals surface area contributed by atoms with E-state index in [4.69, 9.17) is 4.74 Å². The number of ether oxygens (including phenoxy) is 1. The smallest absolute Gasteiger partial charge is 0.338 e. The second-order valence-electron chi connectivity index (χ2n) is 4.52. The summed E-state index contributed by atoms with van der Waals surface area (Å²) in [5, 5.41) is 0. The van der Waals surface area contributed by atoms with E-state index in [9.17, 15) is 4.79 Å². The van der Waals surface area contributed by atoms with Crippen molar-refractivity contribution in [1.82, 2.24) is 0 Å². The number of benzene rings is 1. The van der Waals surface area contributed by atoms with Gasteiger partial charge < -0.3 is 33.2 Å². The van der Waals surface area contributed by atoms with Gasteiger partial charge in [0.15, 0.2) is 0 Å². The molecule has 1 aromatic carbocycles. The number of hydrogen-bond acceptors (Lipinski definition) is 2. The molecule has 0 atom stereocenters. The molecule has 19 heavy (non-hydrogen) atoms. The Morgan fingerprint density at radius 1 is 1.05 bits per heavy atom. The number of quaternary nitrogens is 1. The number of likely N-dealkylation sites (N-methyl/N-ethyl adjacent to an activating group) is 1. The molecule has 1 aromatic rings. The Morgan fingerprint density at radius 3 is 2.05 bits per heavy atom. The summed E-state index contributed by atoms with van der Waals surface area (Å²) in [6, 6.07) is 9.15. The molecule has 0 aliphatic carbocycles. The van der Waals surface area contributed by atoms with Crippen LogP contribution in [0.2, 0.25) is 0 Å². The number of hydrogen-bond donors (Lipinski definition) is 0. The van der Waals surface area contributed by atoms with Gasteiger partial charge in [0.2, 0.25) is 0 Å². The minimum atomic E-state index is -0.225. The van der Waals surface area contributed by atoms with Crippen molar-refractivity contribution in [2.75, 3.05) is 32.8 Å². The van der Waals surface area contributed by atoms with Gasteiger partial charge in [0, 0.05) is 0 Å². The first kappa shape index (κ1) is 18.4. The van der Waals surface area contributed by atoms with Gasteiger partial charge in [-0.25, -0.2) is 4.79 Å². The maximum atomic E-state index is 11.8. The Bertz CT molecular complexity index is 355. The van der Waals surface area contributed by atoms with Gasteiger partial charge in [0.05, 0.1) is 25.2 Å². The fraction of sp³-hybridized carbons (Fsp3) is 0.533. The molecule has 0 N–H and O–H groups in total. The molecule has 0 bridgehead atoms. The van der Waals surface area contributed by atoms with Crippen molar-refractivity contribution >= 4 is 5.97 Å². The molecule has 0 aliphatic heterocycles. The predicted octanol–water partition coefficient (Wildman–Crippen LogP) is -0.276. The maximum Gasteiger partial charge on any atom is 0.338 e. The van der Waals surface area contributed by atoms with Crippen molar-refractivity contribution in [2.45, 2.75) is 20.8 Å². The van der Waals surface area contributed by atoms with Gasteiger partial charge in [0.1, 0.15) is 13.2 Å². The van der Waals surface area contributed by atoms with Crippen molar-refractivity contribution in [3.63, 3.8) is 0 Å². The van der Waals surface area contributed by atoms with E-state index < -0.39 is 0 Å². The first-order chi connectivity index (χ1) is 8.67. The van der Waals surface area contributed by atoms with Crippen LogP contribution >= 0.6 is 0 Å². The summed E-state index contributed by atoms with van der Waals surface area (Å²) in [5.74, 6) is -0.225. The van der Waals surface area contributed by atoms with Crippen LogP contribution in [0, 0.1) is 0 Å². The first-order valence-corrected chi connectivity index (χ1v) is 6.74. The lowest BCUT2D eigenvalue weighted by Gasteiger charge is -2.35. The third-order valence-electron chi connectivity index (χ3n) is 3.82. The number of rotatable bonds is 7. The highest BCUT2D eigenvalue weighted by molar-refractivity contribution is 5.89. The summed E-state index contributed by atoms with van der Waals surface area (Å²) in [7, 11) is 0. The molecule has 0 aliphatic rings. The second-order valence-corrected chi connectivity index (χ2v) is 4.52. The summed E-state index contributed by atoms with van der Waals surface area (Å²) in [6.07, 6.45) is 0. The van der Waals surface area contributed by atoms with Crippen LogP contribution in [0.3, 0.4) is 0 Å². The highest BCUT2D eigenvalue weighted by Gasteiger charge is 2.21. The zero-order chi connectivity index (χ0) is 13.4. The van der Waals surface area contributed by atoms with Crippen molar-refractivity contribution in [1.29, 1.82) is 0 Å². The van der Waals surface area contributed by atoms with E-state index in [2.05, 4.69) is 20.8 Å². The van der Waals surface area contributed by atoms with Crippen LogP contribution in [0.4, 0.5) is 0 Å². The minimum absolute atomic E-state index is 0. The molecule has 0 saturated heterocycles. The van der Waals surface area contributed by atoms with Crippen LogP contribution in [-0.4, -0.2) is 43.2 Å². The number of carbonyl (C=O) groups is 1. The Labute approximate surface area is 133 Å². The number of carbonyl (C=O) groups excluding carboxylic acids is 1. The molecule has 0 amide bonds. The minimum Gasteiger partial charge on any atom is -1.00 e. The van der Waals surface area contributed by atoms with E-state index in [-0.39, 0.29) is 29.9 Å². The fourth-order valence-corrected chi connectivity index (χ4v) is 2.13. The van der Waals surface area contributed by atoms with Crippen molar-refractivity contribution < 1.29 is 38.0 Å². The van der Waals surface area contributed by atoms with Crippen molar-refractivity contribution in [3.05, 3.63) is 35.9 Å². The molecule has 0 fully saturated rings. The van der Waals surface area contributed by atoms with Crippen LogP contribution in [-0.2, 0) is 4.74 Å². The lowest BCUT2D eigenvalue weighted by Crippen LogP contribution is -3.00. The van der Waals surface area contributed by atoms with E-state index in [1.807, 2.05) is 18.2 Å². The largest absolute Gasteiger partial charge is 1.00 e. The average molecular weight is 377 g/mol. The molecule has 0 unspecified atom stereocenters. The van der Waals surface area contributed by atoms with E-state index in [1.54, 1.807) is 12.1 Å². The molecule has 0 saturated carbocycles. The normalized spacial score (nSPS) is 10.7. The summed E-state index contributed by atoms with van der Waals surface area (Å²) in [4.78, 5) is 11.8. The highest BCUT2D eigenvalue weighted by Crippen LogP contribution is 2.06. The molecular formula is C15H24INO2. The molecule has 1 rings (SSSR count). The number of halogens is 1. The lowest BCUT2D eigenvalue weighted by molar-refractivity contribution is -0.923. The van der Waals surface area contributed by atoms with Gasteiger partial charge in [-0.3, -0.25) is 0 Å². The Hall–Kier alpha value is -0.620. The third-order valence-corrected chi connectivity index (χ3v) is 3.82. The molecule has 108 valence electrons. The third kappa shape index (κ3) is 5.48. The van der Waals surface area contributed by atoms with Crippen molar-refractivity contribution in [3.8, 4) is 0 Å². The second kappa shape index (κ2) is 9.31. The standard InChI is InChI=1S/C15H24NO2.HI/c1-4-16(5-2,6-3)12-13-18-15(17)14-10-8-7-9-11-14;/h7-11H,4-6,12-13H2,1-3H3;1H/q+1;/p-1. The SMILES string of the molecule is CC[N+](CC)(CC)CCOC(=O)c1ccccc1.[I-]. The topological polar surface area (TPSA) is 26.3 Å². The van der Waals surface area contributed by atoms with Gasteiger partial charge in [-0.1, -0.05) is 18.2 Å². The van der Waals surface area contributed by atoms with Gasteiger partial charge in [-0.15, -0.1) is 0 Å². The van der Waals surface area contributed by atoms with E-state index in [1.165, 1.54) is 0 Å². The van der Waals surface area contributed by atoms with Crippen LogP contribution < -0.4 is 24.0 Å². The number of nitrogens with zero attached hydrogens (tertiary/aromatic N) is 1. The van der Waals surface area contributed by atoms with Crippen LogP contribution in [0.25, 0.3) is 0 Å². The lowest BCUT2D eigenvalue weighted by atomic mass is 10.2. The quantitative estimate of drug-likeness (QED) is 0.372. The monoisotopic (exact) mass is 377 g/mol. The van der Waals surface area contributed by atoms with Crippen LogP contribution in [0.1, 0.15) is 31.1 Å². The van der Waals surface area contributed by atoms with Gasteiger partial charge in [-0.05, 0) is 32.9 Å². The predicted molar refractivity (Wildman–Crippen MR) is 73.5 cm³/mol. The van der Waals surface area contributed by atoms with E-state index >= 15 is 0 Å². The Morgan fingerprint density at radius 2 is 1.58 bits per heavy atom. The zero-order valence-corrected chi connectivity index (χ0v) is 14.2. The Balaban J connectivity index is 0.00000324. The van der Waals surface area contributed by atoms with Gasteiger partial charge in [-0.2, -0.15) is 0 Å². The average Bonchev–Trinajstić information content (AvgIpc) is 2.45. The van der Waals surface area contributed by atoms with Gasteiger partial charge >= 0.3 is 5.97 Å². The molecule has 0 heterocycles. The molecule has 3 nitrogen and oxygen atoms in total. The maximum absolute atomic E-state index is 11.8. The van der Waals surface area contributed by atoms with Crippen LogP contribution in [0.15, 0.2) is 30.3 Å². The summed E-state index contributed by atoms with van der Waals surface area (Å²) in [5.41, 5.74) is 0.625. The van der Waals surface area contributed by atoms with Crippen molar-refractivity contribution in [2.24, 2.45) is 0 Å². The summed E-state index contributed by atoms with van der Waals surface area (Å²) < 4.78 is 6.34. The molecule has 4 heteroatoms. The van der Waals surface area contributed by atoms with Crippen LogP contribution in [0.5, 0.6) is 0 Å². The Kier molecular flexibility index (Phi) is 9.01. The summed E-state index contributed by atoms with van der Waals surface area (Å²) >= 11 is 0. The molecule has 0 radical (unpaired) electrons. The molecule has 0 aromatic heterocycles. The summed E-state index contributed by atoms with van der Waals surface area (Å²) in [6.45, 7) is 11.2. The van der Waals surface area contributed by atoms with E-state index in [0.717, 1.165) is 30.7 Å². The highest BCUT2D eigenvalue weighted by atomic mass is 127. The molecular weight excluding hydrogens is 353 g/mol.